The third kappa shape index (κ3) is 4.03. The molecule has 1 amide bonds. The summed E-state index contributed by atoms with van der Waals surface area (Å²) >= 11 is 0. The predicted molar refractivity (Wildman–Crippen MR) is 63.2 cm³/mol. The summed E-state index contributed by atoms with van der Waals surface area (Å²) in [6.45, 7) is 4.00. The summed E-state index contributed by atoms with van der Waals surface area (Å²) in [5.74, 6) is -0.150. The van der Waals surface area contributed by atoms with Crippen molar-refractivity contribution in [1.82, 2.24) is 5.32 Å². The van der Waals surface area contributed by atoms with E-state index in [1.165, 1.54) is 18.2 Å². The van der Waals surface area contributed by atoms with Crippen LogP contribution in [0.5, 0.6) is 5.75 Å². The monoisotopic (exact) mass is 240 g/mol. The lowest BCUT2D eigenvalue weighted by Crippen LogP contribution is -2.28. The van der Waals surface area contributed by atoms with E-state index in [4.69, 9.17) is 10.5 Å². The van der Waals surface area contributed by atoms with E-state index >= 15 is 0 Å². The standard InChI is InChI=1S/C12H17FN2O2/c1-3-15-12(16)7-17-11-5-4-9(13)6-10(11)8(2)14/h4-6,8H,3,7,14H2,1-2H3,(H,15,16)/t8-/m1/s1. The number of benzene rings is 1. The zero-order chi connectivity index (χ0) is 12.8. The highest BCUT2D eigenvalue weighted by molar-refractivity contribution is 5.77. The highest BCUT2D eigenvalue weighted by Crippen LogP contribution is 2.24. The highest BCUT2D eigenvalue weighted by Gasteiger charge is 2.10. The van der Waals surface area contributed by atoms with Gasteiger partial charge in [-0.15, -0.1) is 0 Å². The maximum atomic E-state index is 13.0. The molecule has 0 fully saturated rings. The number of carbonyl (C=O) groups excluding carboxylic acids is 1. The van der Waals surface area contributed by atoms with Gasteiger partial charge in [-0.25, -0.2) is 4.39 Å². The Morgan fingerprint density at radius 3 is 2.88 bits per heavy atom. The number of likely N-dealkylation sites (N-methyl/N-ethyl adjacent to an activating group) is 1. The molecule has 0 radical (unpaired) electrons. The highest BCUT2D eigenvalue weighted by atomic mass is 19.1. The fraction of sp³-hybridized carbons (Fsp3) is 0.417. The summed E-state index contributed by atoms with van der Waals surface area (Å²) in [6.07, 6.45) is 0. The topological polar surface area (TPSA) is 64.3 Å². The summed E-state index contributed by atoms with van der Waals surface area (Å²) in [7, 11) is 0. The zero-order valence-electron chi connectivity index (χ0n) is 10.00. The van der Waals surface area contributed by atoms with Crippen molar-refractivity contribution in [3.8, 4) is 5.75 Å². The molecule has 0 spiro atoms. The van der Waals surface area contributed by atoms with Gasteiger partial charge in [-0.2, -0.15) is 0 Å². The summed E-state index contributed by atoms with van der Waals surface area (Å²) in [5, 5.41) is 2.61. The van der Waals surface area contributed by atoms with Crippen LogP contribution in [0.4, 0.5) is 4.39 Å². The summed E-state index contributed by atoms with van der Waals surface area (Å²) in [4.78, 5) is 11.2. The van der Waals surface area contributed by atoms with Crippen molar-refractivity contribution >= 4 is 5.91 Å². The molecule has 0 aliphatic heterocycles. The Hall–Kier alpha value is -1.62. The van der Waals surface area contributed by atoms with Crippen LogP contribution in [-0.4, -0.2) is 19.1 Å². The van der Waals surface area contributed by atoms with Gasteiger partial charge < -0.3 is 15.8 Å². The molecule has 0 saturated carbocycles. The Morgan fingerprint density at radius 1 is 1.59 bits per heavy atom. The van der Waals surface area contributed by atoms with Crippen molar-refractivity contribution in [2.45, 2.75) is 19.9 Å². The van der Waals surface area contributed by atoms with Crippen LogP contribution in [0.1, 0.15) is 25.5 Å². The van der Waals surface area contributed by atoms with Gasteiger partial charge in [0.15, 0.2) is 6.61 Å². The quantitative estimate of drug-likeness (QED) is 0.816. The third-order valence-corrected chi connectivity index (χ3v) is 2.20. The second kappa shape index (κ2) is 6.20. The van der Waals surface area contributed by atoms with Gasteiger partial charge in [0.1, 0.15) is 11.6 Å². The number of hydrogen-bond acceptors (Lipinski definition) is 3. The fourth-order valence-electron chi connectivity index (χ4n) is 1.40. The van der Waals surface area contributed by atoms with Crippen LogP contribution >= 0.6 is 0 Å². The van der Waals surface area contributed by atoms with Gasteiger partial charge in [0.2, 0.25) is 0 Å². The Balaban J connectivity index is 2.73. The SMILES string of the molecule is CCNC(=O)COc1ccc(F)cc1[C@@H](C)N. The molecule has 1 aromatic carbocycles. The molecule has 0 unspecified atom stereocenters. The van der Waals surface area contributed by atoms with Gasteiger partial charge in [0.25, 0.3) is 5.91 Å². The maximum absolute atomic E-state index is 13.0. The van der Waals surface area contributed by atoms with Crippen LogP contribution < -0.4 is 15.8 Å². The van der Waals surface area contributed by atoms with Gasteiger partial charge >= 0.3 is 0 Å². The normalized spacial score (nSPS) is 12.0. The van der Waals surface area contributed by atoms with E-state index in [-0.39, 0.29) is 24.4 Å². The van der Waals surface area contributed by atoms with Gasteiger partial charge in [-0.1, -0.05) is 0 Å². The van der Waals surface area contributed by atoms with Gasteiger partial charge in [0, 0.05) is 18.2 Å². The number of amides is 1. The molecular weight excluding hydrogens is 223 g/mol. The first-order valence-electron chi connectivity index (χ1n) is 5.49. The van der Waals surface area contributed by atoms with Crippen molar-refractivity contribution in [2.75, 3.05) is 13.2 Å². The average molecular weight is 240 g/mol. The molecule has 0 saturated heterocycles. The number of halogens is 1. The van der Waals surface area contributed by atoms with E-state index in [0.717, 1.165) is 0 Å². The minimum Gasteiger partial charge on any atom is -0.483 e. The lowest BCUT2D eigenvalue weighted by molar-refractivity contribution is -0.123. The molecule has 0 aliphatic carbocycles. The van der Waals surface area contributed by atoms with Crippen LogP contribution in [0.25, 0.3) is 0 Å². The molecular formula is C12H17FN2O2. The van der Waals surface area contributed by atoms with E-state index in [1.807, 2.05) is 6.92 Å². The minimum absolute atomic E-state index is 0.0980. The van der Waals surface area contributed by atoms with Crippen LogP contribution in [0.2, 0.25) is 0 Å². The van der Waals surface area contributed by atoms with Crippen LogP contribution in [-0.2, 0) is 4.79 Å². The van der Waals surface area contributed by atoms with Gasteiger partial charge in [-0.05, 0) is 32.0 Å². The van der Waals surface area contributed by atoms with Crippen LogP contribution in [0.3, 0.4) is 0 Å². The minimum atomic E-state index is -0.373. The number of nitrogens with two attached hydrogens (primary N) is 1. The first kappa shape index (κ1) is 13.4. The molecule has 0 aliphatic rings. The number of carbonyl (C=O) groups is 1. The van der Waals surface area contributed by atoms with Crippen LogP contribution in [0.15, 0.2) is 18.2 Å². The maximum Gasteiger partial charge on any atom is 0.257 e. The van der Waals surface area contributed by atoms with E-state index in [1.54, 1.807) is 6.92 Å². The van der Waals surface area contributed by atoms with Gasteiger partial charge in [-0.3, -0.25) is 4.79 Å². The van der Waals surface area contributed by atoms with Crippen molar-refractivity contribution in [3.05, 3.63) is 29.6 Å². The molecule has 1 rings (SSSR count). The summed E-state index contributed by atoms with van der Waals surface area (Å²) < 4.78 is 18.3. The van der Waals surface area contributed by atoms with E-state index in [9.17, 15) is 9.18 Å². The lowest BCUT2D eigenvalue weighted by atomic mass is 10.1. The predicted octanol–water partition coefficient (Wildman–Crippen LogP) is 1.36. The molecule has 5 heteroatoms. The number of ether oxygens (including phenoxy) is 1. The molecule has 17 heavy (non-hydrogen) atoms. The van der Waals surface area contributed by atoms with Crippen molar-refractivity contribution in [2.24, 2.45) is 5.73 Å². The van der Waals surface area contributed by atoms with E-state index in [2.05, 4.69) is 5.32 Å². The number of hydrogen-bond donors (Lipinski definition) is 2. The van der Waals surface area contributed by atoms with E-state index < -0.39 is 0 Å². The second-order valence-corrected chi connectivity index (χ2v) is 3.71. The fourth-order valence-corrected chi connectivity index (χ4v) is 1.40. The molecule has 3 N–H and O–H groups in total. The Bertz CT molecular complexity index is 394. The molecule has 0 aromatic heterocycles. The number of nitrogens with one attached hydrogen (secondary N) is 1. The number of rotatable bonds is 5. The first-order chi connectivity index (χ1) is 8.04. The lowest BCUT2D eigenvalue weighted by Gasteiger charge is -2.13. The van der Waals surface area contributed by atoms with Gasteiger partial charge in [0.05, 0.1) is 0 Å². The van der Waals surface area contributed by atoms with Crippen molar-refractivity contribution < 1.29 is 13.9 Å². The summed E-state index contributed by atoms with van der Waals surface area (Å²) in [6, 6.07) is 3.72. The Kier molecular flexibility index (Phi) is 4.90. The summed E-state index contributed by atoms with van der Waals surface area (Å²) in [5.41, 5.74) is 6.25. The smallest absolute Gasteiger partial charge is 0.257 e. The molecule has 94 valence electrons. The van der Waals surface area contributed by atoms with Crippen molar-refractivity contribution in [3.63, 3.8) is 0 Å². The Morgan fingerprint density at radius 2 is 2.29 bits per heavy atom. The van der Waals surface area contributed by atoms with Crippen molar-refractivity contribution in [1.29, 1.82) is 0 Å². The molecule has 1 aromatic rings. The van der Waals surface area contributed by atoms with E-state index in [0.29, 0.717) is 17.9 Å². The Labute approximate surface area is 100.0 Å². The largest absolute Gasteiger partial charge is 0.483 e. The zero-order valence-corrected chi connectivity index (χ0v) is 10.00. The molecule has 4 nitrogen and oxygen atoms in total. The van der Waals surface area contributed by atoms with Crippen LogP contribution in [0, 0.1) is 5.82 Å². The first-order valence-corrected chi connectivity index (χ1v) is 5.49. The average Bonchev–Trinajstić information content (AvgIpc) is 2.27. The third-order valence-electron chi connectivity index (χ3n) is 2.20. The molecule has 0 heterocycles. The molecule has 0 bridgehead atoms. The molecule has 1 atom stereocenters. The second-order valence-electron chi connectivity index (χ2n) is 3.71.